The predicted octanol–water partition coefficient (Wildman–Crippen LogP) is 2.59. The standard InChI is InChI=1S/C22H26N6O2/c1-16-24-20(28-11-6-7-12-28)15-21(25-16)30-13-10-23-22(29)19-14-18(26-27(19)2)17-8-4-3-5-9-17/h3-5,8-9,14-15H,6-7,10-13H2,1-2H3,(H,23,29). The average Bonchev–Trinajstić information content (AvgIpc) is 3.41. The summed E-state index contributed by atoms with van der Waals surface area (Å²) < 4.78 is 7.36. The third-order valence-corrected chi connectivity index (χ3v) is 5.05. The van der Waals surface area contributed by atoms with Crippen molar-refractivity contribution < 1.29 is 9.53 Å². The molecular formula is C22H26N6O2. The van der Waals surface area contributed by atoms with Crippen LogP contribution in [0.15, 0.2) is 42.5 Å². The molecule has 8 heteroatoms. The van der Waals surface area contributed by atoms with Gasteiger partial charge in [-0.25, -0.2) is 4.98 Å². The number of carbonyl (C=O) groups excluding carboxylic acids is 1. The molecule has 1 amide bonds. The normalized spacial score (nSPS) is 13.5. The van der Waals surface area contributed by atoms with E-state index in [2.05, 4.69) is 25.3 Å². The highest BCUT2D eigenvalue weighted by molar-refractivity contribution is 5.93. The van der Waals surface area contributed by atoms with E-state index in [0.29, 0.717) is 30.5 Å². The number of carbonyl (C=O) groups is 1. The lowest BCUT2D eigenvalue weighted by molar-refractivity contribution is 0.0937. The van der Waals surface area contributed by atoms with Gasteiger partial charge in [-0.1, -0.05) is 30.3 Å². The molecule has 1 N–H and O–H groups in total. The molecule has 0 atom stereocenters. The van der Waals surface area contributed by atoms with Crippen LogP contribution in [0.2, 0.25) is 0 Å². The lowest BCUT2D eigenvalue weighted by atomic mass is 10.1. The van der Waals surface area contributed by atoms with E-state index in [4.69, 9.17) is 4.74 Å². The van der Waals surface area contributed by atoms with Crippen LogP contribution in [-0.4, -0.2) is 51.9 Å². The van der Waals surface area contributed by atoms with Gasteiger partial charge in [-0.2, -0.15) is 10.1 Å². The molecule has 0 spiro atoms. The van der Waals surface area contributed by atoms with Gasteiger partial charge in [-0.3, -0.25) is 9.48 Å². The molecule has 0 aliphatic carbocycles. The molecule has 3 heterocycles. The van der Waals surface area contributed by atoms with Crippen LogP contribution >= 0.6 is 0 Å². The second-order valence-electron chi connectivity index (χ2n) is 7.31. The first-order chi connectivity index (χ1) is 14.6. The summed E-state index contributed by atoms with van der Waals surface area (Å²) in [5, 5.41) is 7.32. The minimum atomic E-state index is -0.188. The molecule has 0 radical (unpaired) electrons. The SMILES string of the molecule is Cc1nc(OCCNC(=O)c2cc(-c3ccccc3)nn2C)cc(N2CCCC2)n1. The number of aromatic nitrogens is 4. The molecule has 1 aromatic carbocycles. The molecule has 1 saturated heterocycles. The molecule has 0 bridgehead atoms. The van der Waals surface area contributed by atoms with Gasteiger partial charge in [0.2, 0.25) is 5.88 Å². The van der Waals surface area contributed by atoms with Crippen LogP contribution in [0.3, 0.4) is 0 Å². The largest absolute Gasteiger partial charge is 0.476 e. The number of ether oxygens (including phenoxy) is 1. The van der Waals surface area contributed by atoms with E-state index in [9.17, 15) is 4.79 Å². The maximum Gasteiger partial charge on any atom is 0.269 e. The van der Waals surface area contributed by atoms with Crippen LogP contribution < -0.4 is 15.0 Å². The molecule has 1 aliphatic heterocycles. The first-order valence-electron chi connectivity index (χ1n) is 10.2. The van der Waals surface area contributed by atoms with Crippen LogP contribution in [0.1, 0.15) is 29.2 Å². The Morgan fingerprint density at radius 1 is 1.13 bits per heavy atom. The Kier molecular flexibility index (Phi) is 5.92. The summed E-state index contributed by atoms with van der Waals surface area (Å²) in [7, 11) is 1.77. The van der Waals surface area contributed by atoms with Crippen LogP contribution in [0.4, 0.5) is 5.82 Å². The second-order valence-corrected chi connectivity index (χ2v) is 7.31. The molecule has 1 aliphatic rings. The number of hydrogen-bond donors (Lipinski definition) is 1. The van der Waals surface area contributed by atoms with Gasteiger partial charge in [-0.15, -0.1) is 0 Å². The van der Waals surface area contributed by atoms with Crippen molar-refractivity contribution in [1.29, 1.82) is 0 Å². The van der Waals surface area contributed by atoms with E-state index in [1.165, 1.54) is 12.8 Å². The lowest BCUT2D eigenvalue weighted by Crippen LogP contribution is -2.29. The number of amides is 1. The van der Waals surface area contributed by atoms with Crippen molar-refractivity contribution in [3.8, 4) is 17.1 Å². The highest BCUT2D eigenvalue weighted by Crippen LogP contribution is 2.21. The maximum absolute atomic E-state index is 12.5. The van der Waals surface area contributed by atoms with Gasteiger partial charge in [0.1, 0.15) is 23.9 Å². The minimum Gasteiger partial charge on any atom is -0.476 e. The fraction of sp³-hybridized carbons (Fsp3) is 0.364. The van der Waals surface area contributed by atoms with E-state index in [1.54, 1.807) is 17.8 Å². The number of benzene rings is 1. The summed E-state index contributed by atoms with van der Waals surface area (Å²) in [5.41, 5.74) is 2.25. The van der Waals surface area contributed by atoms with Gasteiger partial charge >= 0.3 is 0 Å². The summed E-state index contributed by atoms with van der Waals surface area (Å²) in [6.45, 7) is 4.59. The van der Waals surface area contributed by atoms with Gasteiger partial charge in [0.05, 0.1) is 12.2 Å². The molecule has 8 nitrogen and oxygen atoms in total. The Labute approximate surface area is 175 Å². The van der Waals surface area contributed by atoms with Crippen molar-refractivity contribution in [2.75, 3.05) is 31.1 Å². The Hall–Kier alpha value is -3.42. The van der Waals surface area contributed by atoms with Crippen molar-refractivity contribution in [3.05, 3.63) is 54.0 Å². The molecule has 3 aromatic rings. The van der Waals surface area contributed by atoms with Gasteiger partial charge in [-0.05, 0) is 25.8 Å². The van der Waals surface area contributed by atoms with E-state index in [0.717, 1.165) is 30.2 Å². The molecule has 1 fully saturated rings. The van der Waals surface area contributed by atoms with Crippen molar-refractivity contribution in [1.82, 2.24) is 25.1 Å². The summed E-state index contributed by atoms with van der Waals surface area (Å²) in [5.74, 6) is 1.93. The topological polar surface area (TPSA) is 85.2 Å². The van der Waals surface area contributed by atoms with Crippen molar-refractivity contribution >= 4 is 11.7 Å². The zero-order chi connectivity index (χ0) is 20.9. The highest BCUT2D eigenvalue weighted by atomic mass is 16.5. The number of anilines is 1. The fourth-order valence-corrected chi connectivity index (χ4v) is 3.55. The molecule has 4 rings (SSSR count). The monoisotopic (exact) mass is 406 g/mol. The van der Waals surface area contributed by atoms with Crippen LogP contribution in [0.5, 0.6) is 5.88 Å². The number of rotatable bonds is 7. The Morgan fingerprint density at radius 2 is 1.90 bits per heavy atom. The highest BCUT2D eigenvalue weighted by Gasteiger charge is 2.16. The zero-order valence-corrected chi connectivity index (χ0v) is 17.3. The Balaban J connectivity index is 1.32. The van der Waals surface area contributed by atoms with E-state index >= 15 is 0 Å². The average molecular weight is 406 g/mol. The van der Waals surface area contributed by atoms with Crippen molar-refractivity contribution in [3.63, 3.8) is 0 Å². The third kappa shape index (κ3) is 4.59. The van der Waals surface area contributed by atoms with E-state index < -0.39 is 0 Å². The minimum absolute atomic E-state index is 0.188. The van der Waals surface area contributed by atoms with Gasteiger partial charge < -0.3 is 15.0 Å². The van der Waals surface area contributed by atoms with Crippen LogP contribution in [0, 0.1) is 6.92 Å². The fourth-order valence-electron chi connectivity index (χ4n) is 3.55. The van der Waals surface area contributed by atoms with Crippen molar-refractivity contribution in [2.24, 2.45) is 7.05 Å². The smallest absolute Gasteiger partial charge is 0.269 e. The second kappa shape index (κ2) is 8.94. The van der Waals surface area contributed by atoms with E-state index in [-0.39, 0.29) is 5.91 Å². The molecule has 0 saturated carbocycles. The first-order valence-corrected chi connectivity index (χ1v) is 10.2. The van der Waals surface area contributed by atoms with Gasteiger partial charge in [0.15, 0.2) is 0 Å². The molecule has 0 unspecified atom stereocenters. The summed E-state index contributed by atoms with van der Waals surface area (Å²) in [6.07, 6.45) is 2.37. The third-order valence-electron chi connectivity index (χ3n) is 5.05. The van der Waals surface area contributed by atoms with Gasteiger partial charge in [0.25, 0.3) is 5.91 Å². The number of nitrogens with one attached hydrogen (secondary N) is 1. The molecular weight excluding hydrogens is 380 g/mol. The first kappa shape index (κ1) is 19.9. The lowest BCUT2D eigenvalue weighted by Gasteiger charge is -2.17. The number of hydrogen-bond acceptors (Lipinski definition) is 6. The zero-order valence-electron chi connectivity index (χ0n) is 17.3. The Bertz CT molecular complexity index is 1010. The van der Waals surface area contributed by atoms with Crippen LogP contribution in [-0.2, 0) is 7.05 Å². The molecule has 156 valence electrons. The Morgan fingerprint density at radius 3 is 2.67 bits per heavy atom. The number of nitrogens with zero attached hydrogens (tertiary/aromatic N) is 5. The van der Waals surface area contributed by atoms with E-state index in [1.807, 2.05) is 43.3 Å². The number of aryl methyl sites for hydroxylation is 2. The molecule has 2 aromatic heterocycles. The van der Waals surface area contributed by atoms with Crippen molar-refractivity contribution in [2.45, 2.75) is 19.8 Å². The van der Waals surface area contributed by atoms with Gasteiger partial charge in [0, 0.05) is 31.8 Å². The quantitative estimate of drug-likeness (QED) is 0.607. The summed E-state index contributed by atoms with van der Waals surface area (Å²) in [4.78, 5) is 23.6. The summed E-state index contributed by atoms with van der Waals surface area (Å²) in [6, 6.07) is 13.5. The van der Waals surface area contributed by atoms with Crippen LogP contribution in [0.25, 0.3) is 11.3 Å². The summed E-state index contributed by atoms with van der Waals surface area (Å²) >= 11 is 0. The maximum atomic E-state index is 12.5. The molecule has 30 heavy (non-hydrogen) atoms. The predicted molar refractivity (Wildman–Crippen MR) is 115 cm³/mol.